The van der Waals surface area contributed by atoms with Gasteiger partial charge in [0, 0.05) is 32.7 Å². The van der Waals surface area contributed by atoms with E-state index in [9.17, 15) is 8.42 Å². The molecule has 1 aromatic carbocycles. The van der Waals surface area contributed by atoms with Gasteiger partial charge in [-0.2, -0.15) is 0 Å². The van der Waals surface area contributed by atoms with Crippen LogP contribution in [-0.2, 0) is 9.84 Å². The van der Waals surface area contributed by atoms with Crippen LogP contribution in [0.4, 0.5) is 0 Å². The molecule has 0 aliphatic carbocycles. The van der Waals surface area contributed by atoms with Gasteiger partial charge in [-0.15, -0.1) is 0 Å². The van der Waals surface area contributed by atoms with Gasteiger partial charge in [0.05, 0.1) is 10.6 Å². The molecule has 19 heavy (non-hydrogen) atoms. The molecular weight excluding hydrogens is 259 g/mol. The van der Waals surface area contributed by atoms with E-state index in [1.807, 2.05) is 0 Å². The van der Waals surface area contributed by atoms with Gasteiger partial charge >= 0.3 is 0 Å². The lowest BCUT2D eigenvalue weighted by molar-refractivity contribution is 0.161. The summed E-state index contributed by atoms with van der Waals surface area (Å²) in [7, 11) is 4.45. The van der Waals surface area contributed by atoms with E-state index in [4.69, 9.17) is 7.85 Å². The monoisotopic (exact) mass is 278 g/mol. The Bertz CT molecular complexity index is 508. The highest BCUT2D eigenvalue weighted by molar-refractivity contribution is 7.91. The fourth-order valence-corrected chi connectivity index (χ4v) is 3.40. The van der Waals surface area contributed by atoms with Crippen molar-refractivity contribution in [3.05, 3.63) is 24.3 Å². The first-order chi connectivity index (χ1) is 8.97. The molecule has 1 aliphatic rings. The number of rotatable bonds is 4. The minimum absolute atomic E-state index is 0.167. The lowest BCUT2D eigenvalue weighted by atomic mass is 9.97. The summed E-state index contributed by atoms with van der Waals surface area (Å²) < 4.78 is 24.3. The second kappa shape index (κ2) is 6.07. The average Bonchev–Trinajstić information content (AvgIpc) is 2.39. The van der Waals surface area contributed by atoms with Gasteiger partial charge in [0.2, 0.25) is 0 Å². The van der Waals surface area contributed by atoms with Gasteiger partial charge in [-0.25, -0.2) is 8.42 Å². The van der Waals surface area contributed by atoms with Crippen LogP contribution in [0, 0.1) is 0 Å². The zero-order chi connectivity index (χ0) is 13.9. The molecule has 0 aromatic heterocycles. The third kappa shape index (κ3) is 4.06. The number of piperazine rings is 1. The van der Waals surface area contributed by atoms with Crippen molar-refractivity contribution in [1.29, 1.82) is 0 Å². The minimum atomic E-state index is -3.20. The molecule has 4 nitrogen and oxygen atoms in total. The molecular formula is C13H19BN2O2S. The van der Waals surface area contributed by atoms with Gasteiger partial charge in [-0.1, -0.05) is 17.6 Å². The second-order valence-corrected chi connectivity index (χ2v) is 7.14. The summed E-state index contributed by atoms with van der Waals surface area (Å²) in [5.74, 6) is 0.167. The molecule has 0 spiro atoms. The fraction of sp³-hybridized carbons (Fsp3) is 0.538. The third-order valence-electron chi connectivity index (χ3n) is 3.51. The van der Waals surface area contributed by atoms with Crippen LogP contribution in [0.1, 0.15) is 0 Å². The standard InChI is InChI=1S/C13H19BN2O2S/c1-15-6-8-16(9-7-15)10-11-19(17,18)13-4-2-12(14)3-5-13/h2-5H,6-11H2,1H3. The fourth-order valence-electron chi connectivity index (χ4n) is 2.11. The van der Waals surface area contributed by atoms with Crippen LogP contribution in [0.25, 0.3) is 0 Å². The quantitative estimate of drug-likeness (QED) is 0.696. The summed E-state index contributed by atoms with van der Waals surface area (Å²) in [5.41, 5.74) is 0.581. The summed E-state index contributed by atoms with van der Waals surface area (Å²) in [5, 5.41) is 0. The van der Waals surface area contributed by atoms with Crippen LogP contribution in [0.3, 0.4) is 0 Å². The van der Waals surface area contributed by atoms with E-state index >= 15 is 0 Å². The van der Waals surface area contributed by atoms with Crippen LogP contribution >= 0.6 is 0 Å². The molecule has 0 atom stereocenters. The van der Waals surface area contributed by atoms with E-state index in [0.717, 1.165) is 26.2 Å². The number of benzene rings is 1. The Kier molecular flexibility index (Phi) is 4.65. The zero-order valence-corrected chi connectivity index (χ0v) is 12.1. The van der Waals surface area contributed by atoms with Gasteiger partial charge in [-0.3, -0.25) is 4.90 Å². The minimum Gasteiger partial charge on any atom is -0.304 e. The van der Waals surface area contributed by atoms with E-state index in [1.54, 1.807) is 24.3 Å². The van der Waals surface area contributed by atoms with Gasteiger partial charge in [-0.05, 0) is 19.2 Å². The molecule has 0 saturated carbocycles. The largest absolute Gasteiger partial charge is 0.304 e. The molecule has 1 heterocycles. The number of likely N-dealkylation sites (N-methyl/N-ethyl adjacent to an activating group) is 1. The normalized spacial score (nSPS) is 18.6. The molecule has 2 rings (SSSR count). The molecule has 102 valence electrons. The second-order valence-electron chi connectivity index (χ2n) is 5.03. The predicted octanol–water partition coefficient (Wildman–Crippen LogP) is -0.498. The molecule has 1 aliphatic heterocycles. The summed E-state index contributed by atoms with van der Waals surface area (Å²) in [4.78, 5) is 4.82. The van der Waals surface area contributed by atoms with Crippen LogP contribution in [-0.4, -0.2) is 71.6 Å². The van der Waals surface area contributed by atoms with E-state index in [-0.39, 0.29) is 5.75 Å². The Labute approximate surface area is 116 Å². The van der Waals surface area contributed by atoms with Crippen LogP contribution in [0.5, 0.6) is 0 Å². The van der Waals surface area contributed by atoms with Gasteiger partial charge in [0.1, 0.15) is 7.85 Å². The summed E-state index contributed by atoms with van der Waals surface area (Å²) in [6.45, 7) is 4.48. The van der Waals surface area contributed by atoms with E-state index < -0.39 is 9.84 Å². The number of hydrogen-bond acceptors (Lipinski definition) is 4. The Morgan fingerprint density at radius 3 is 2.26 bits per heavy atom. The van der Waals surface area contributed by atoms with Crippen molar-refractivity contribution in [2.24, 2.45) is 0 Å². The maximum atomic E-state index is 12.2. The van der Waals surface area contributed by atoms with Crippen LogP contribution < -0.4 is 5.46 Å². The van der Waals surface area contributed by atoms with Crippen molar-refractivity contribution < 1.29 is 8.42 Å². The predicted molar refractivity (Wildman–Crippen MR) is 77.8 cm³/mol. The molecule has 2 radical (unpaired) electrons. The molecule has 0 bridgehead atoms. The Morgan fingerprint density at radius 1 is 1.11 bits per heavy atom. The number of nitrogens with zero attached hydrogens (tertiary/aromatic N) is 2. The topological polar surface area (TPSA) is 40.6 Å². The van der Waals surface area contributed by atoms with Crippen molar-refractivity contribution in [3.8, 4) is 0 Å². The molecule has 1 saturated heterocycles. The summed E-state index contributed by atoms with van der Waals surface area (Å²) >= 11 is 0. The lowest BCUT2D eigenvalue weighted by Crippen LogP contribution is -2.45. The first-order valence-corrected chi connectivity index (χ1v) is 8.12. The third-order valence-corrected chi connectivity index (χ3v) is 5.22. The smallest absolute Gasteiger partial charge is 0.179 e. The van der Waals surface area contributed by atoms with Crippen molar-refractivity contribution in [1.82, 2.24) is 9.80 Å². The molecule has 0 amide bonds. The Hall–Kier alpha value is -0.845. The molecule has 0 N–H and O–H groups in total. The van der Waals surface area contributed by atoms with Crippen molar-refractivity contribution in [2.75, 3.05) is 45.5 Å². The van der Waals surface area contributed by atoms with E-state index in [1.165, 1.54) is 0 Å². The van der Waals surface area contributed by atoms with Crippen LogP contribution in [0.2, 0.25) is 0 Å². The van der Waals surface area contributed by atoms with E-state index in [2.05, 4.69) is 16.8 Å². The van der Waals surface area contributed by atoms with Gasteiger partial charge in [0.25, 0.3) is 0 Å². The first-order valence-electron chi connectivity index (χ1n) is 6.46. The highest BCUT2D eigenvalue weighted by Gasteiger charge is 2.18. The van der Waals surface area contributed by atoms with Crippen LogP contribution in [0.15, 0.2) is 29.2 Å². The summed E-state index contributed by atoms with van der Waals surface area (Å²) in [6.07, 6.45) is 0. The van der Waals surface area contributed by atoms with E-state index in [0.29, 0.717) is 16.9 Å². The number of hydrogen-bond donors (Lipinski definition) is 0. The SMILES string of the molecule is [B]c1ccc(S(=O)(=O)CCN2CCN(C)CC2)cc1. The molecule has 1 fully saturated rings. The van der Waals surface area contributed by atoms with Crippen molar-refractivity contribution in [3.63, 3.8) is 0 Å². The maximum Gasteiger partial charge on any atom is 0.179 e. The summed E-state index contributed by atoms with van der Waals surface area (Å²) in [6, 6.07) is 6.41. The Morgan fingerprint density at radius 2 is 1.68 bits per heavy atom. The zero-order valence-electron chi connectivity index (χ0n) is 11.2. The maximum absolute atomic E-state index is 12.2. The van der Waals surface area contributed by atoms with Gasteiger partial charge in [0.15, 0.2) is 9.84 Å². The molecule has 0 unspecified atom stereocenters. The van der Waals surface area contributed by atoms with Crippen molar-refractivity contribution in [2.45, 2.75) is 4.90 Å². The molecule has 6 heteroatoms. The average molecular weight is 278 g/mol. The van der Waals surface area contributed by atoms with Crippen molar-refractivity contribution >= 4 is 23.1 Å². The molecule has 1 aromatic rings. The highest BCUT2D eigenvalue weighted by atomic mass is 32.2. The highest BCUT2D eigenvalue weighted by Crippen LogP contribution is 2.10. The number of sulfone groups is 1. The first kappa shape index (κ1) is 14.6. The Balaban J connectivity index is 1.92. The van der Waals surface area contributed by atoms with Gasteiger partial charge < -0.3 is 4.90 Å². The lowest BCUT2D eigenvalue weighted by Gasteiger charge is -2.32.